The molecule has 0 radical (unpaired) electrons. The number of sulfone groups is 2. The van der Waals surface area contributed by atoms with Crippen molar-refractivity contribution in [3.63, 3.8) is 0 Å². The summed E-state index contributed by atoms with van der Waals surface area (Å²) in [6, 6.07) is 17.5. The first-order valence-electron chi connectivity index (χ1n) is 24.8. The van der Waals surface area contributed by atoms with Crippen LogP contribution in [0.2, 0.25) is 0 Å². The zero-order valence-corrected chi connectivity index (χ0v) is 44.1. The lowest BCUT2D eigenvalue weighted by molar-refractivity contribution is 0.0735. The Bertz CT molecular complexity index is 3650. The maximum Gasteiger partial charge on any atom is 0.202 e. The summed E-state index contributed by atoms with van der Waals surface area (Å²) in [5, 5.41) is 28.1. The van der Waals surface area contributed by atoms with Crippen molar-refractivity contribution < 1.29 is 39.9 Å². The summed E-state index contributed by atoms with van der Waals surface area (Å²) in [6.07, 6.45) is 16.0. The number of rotatable bonds is 11. The van der Waals surface area contributed by atoms with Crippen molar-refractivity contribution in [1.82, 2.24) is 44.1 Å². The van der Waals surface area contributed by atoms with E-state index < -0.39 is 51.7 Å². The molecule has 0 spiro atoms. The summed E-state index contributed by atoms with van der Waals surface area (Å²) in [5.74, 6) is -2.13. The molecule has 0 unspecified atom stereocenters. The minimum absolute atomic E-state index is 0.00341. The number of fused-ring (bicyclic) bond motifs is 4. The molecule has 5 heterocycles. The first-order chi connectivity index (χ1) is 35.5. The number of hydrogen-bond acceptors (Lipinski definition) is 11. The van der Waals surface area contributed by atoms with Crippen LogP contribution in [-0.2, 0) is 46.6 Å². The Kier molecular flexibility index (Phi) is 13.0. The normalized spacial score (nSPS) is 21.6. The van der Waals surface area contributed by atoms with E-state index in [1.165, 1.54) is 52.0 Å². The molecule has 15 nitrogen and oxygen atoms in total. The molecule has 4 aliphatic carbocycles. The molecule has 0 saturated heterocycles. The molecule has 392 valence electrons. The van der Waals surface area contributed by atoms with E-state index in [4.69, 9.17) is 0 Å². The molecule has 7 aromatic rings. The second-order valence-electron chi connectivity index (χ2n) is 21.5. The maximum absolute atomic E-state index is 14.3. The summed E-state index contributed by atoms with van der Waals surface area (Å²) in [7, 11) is -4.16. The third kappa shape index (κ3) is 8.81. The van der Waals surface area contributed by atoms with Gasteiger partial charge in [0.15, 0.2) is 15.8 Å². The average Bonchev–Trinajstić information content (AvgIpc) is 4.22. The van der Waals surface area contributed by atoms with E-state index >= 15 is 0 Å². The maximum atomic E-state index is 14.3. The van der Waals surface area contributed by atoms with E-state index in [0.29, 0.717) is 44.2 Å². The highest BCUT2D eigenvalue weighted by Gasteiger charge is 2.56. The Morgan fingerprint density at radius 2 is 1.15 bits per heavy atom. The van der Waals surface area contributed by atoms with Gasteiger partial charge in [0, 0.05) is 44.2 Å². The largest absolute Gasteiger partial charge is 0.395 e. The minimum Gasteiger partial charge on any atom is -0.395 e. The molecule has 1 N–H and O–H groups in total. The predicted octanol–water partition coefficient (Wildman–Crippen LogP) is 8.86. The van der Waals surface area contributed by atoms with Crippen molar-refractivity contribution >= 4 is 37.6 Å². The molecule has 0 amide bonds. The van der Waals surface area contributed by atoms with Gasteiger partial charge < -0.3 is 5.11 Å². The molecule has 75 heavy (non-hydrogen) atoms. The lowest BCUT2D eigenvalue weighted by Gasteiger charge is -2.48. The third-order valence-electron chi connectivity index (χ3n) is 16.6. The Hall–Kier alpha value is -6.77. The number of aliphatic hydroxyl groups is 1. The fourth-order valence-electron chi connectivity index (χ4n) is 11.8. The smallest absolute Gasteiger partial charge is 0.202 e. The van der Waals surface area contributed by atoms with Gasteiger partial charge in [-0.2, -0.15) is 20.4 Å². The van der Waals surface area contributed by atoms with Crippen molar-refractivity contribution in [2.24, 2.45) is 36.8 Å². The van der Waals surface area contributed by atoms with Crippen LogP contribution in [-0.4, -0.2) is 87.9 Å². The fourth-order valence-corrected chi connectivity index (χ4v) is 15.2. The SMILES string of the molecule is Cn1ccc(S(=O)(=O)C(C)(C)[C@H]2CCC3=Cc4c(cnn4-c4ccc(F)cc4)C[C@]3(C(=O)c3cc(F)ccn3)C2)n1.Cn1ccc(S(=O)(=O)C(C)(C)[C@H]2CCC3=Cc4c(cnn4-c4ccc(F)cc4)C[C@]3(CO)C2)n1. The molecule has 4 aliphatic rings. The molecule has 2 fully saturated rings. The topological polar surface area (TPSA) is 190 Å². The Balaban J connectivity index is 0.000000174. The van der Waals surface area contributed by atoms with E-state index in [-0.39, 0.29) is 58.5 Å². The Labute approximate surface area is 433 Å². The van der Waals surface area contributed by atoms with E-state index in [1.807, 2.05) is 6.08 Å². The first kappa shape index (κ1) is 51.7. The van der Waals surface area contributed by atoms with Crippen molar-refractivity contribution in [1.29, 1.82) is 0 Å². The molecule has 20 heteroatoms. The van der Waals surface area contributed by atoms with Gasteiger partial charge in [0.2, 0.25) is 19.7 Å². The quantitative estimate of drug-likeness (QED) is 0.122. The van der Waals surface area contributed by atoms with Crippen LogP contribution in [0, 0.1) is 40.1 Å². The zero-order chi connectivity index (χ0) is 53.5. The molecular weight excluding hydrogens is 1000 g/mol. The molecule has 11 rings (SSSR count). The highest BCUT2D eigenvalue weighted by molar-refractivity contribution is 7.93. The number of aromatic nitrogens is 9. The summed E-state index contributed by atoms with van der Waals surface area (Å²) >= 11 is 0. The van der Waals surface area contributed by atoms with Gasteiger partial charge >= 0.3 is 0 Å². The van der Waals surface area contributed by atoms with Gasteiger partial charge in [-0.3, -0.25) is 19.1 Å². The second kappa shape index (κ2) is 18.8. The van der Waals surface area contributed by atoms with Gasteiger partial charge in [-0.15, -0.1) is 0 Å². The van der Waals surface area contributed by atoms with Gasteiger partial charge in [-0.25, -0.2) is 39.4 Å². The third-order valence-corrected chi connectivity index (χ3v) is 21.6. The molecule has 4 atom stereocenters. The molecule has 2 aromatic carbocycles. The number of nitrogens with zero attached hydrogens (tertiary/aromatic N) is 9. The minimum atomic E-state index is -3.86. The predicted molar refractivity (Wildman–Crippen MR) is 275 cm³/mol. The summed E-state index contributed by atoms with van der Waals surface area (Å²) in [4.78, 5) is 18.5. The summed E-state index contributed by atoms with van der Waals surface area (Å²) < 4.78 is 100. The summed E-state index contributed by atoms with van der Waals surface area (Å²) in [5.41, 5.74) is 5.22. The van der Waals surface area contributed by atoms with E-state index in [0.717, 1.165) is 45.4 Å². The fraction of sp³-hybridized carbons (Fsp3) is 0.382. The number of halogens is 3. The highest BCUT2D eigenvalue weighted by atomic mass is 32.2. The van der Waals surface area contributed by atoms with Gasteiger partial charge in [-0.1, -0.05) is 11.1 Å². The van der Waals surface area contributed by atoms with Crippen molar-refractivity contribution in [3.05, 3.63) is 161 Å². The van der Waals surface area contributed by atoms with Gasteiger partial charge in [0.1, 0.15) is 23.1 Å². The highest BCUT2D eigenvalue weighted by Crippen LogP contribution is 2.56. The van der Waals surface area contributed by atoms with Gasteiger partial charge in [0.05, 0.1) is 56.7 Å². The molecule has 2 saturated carbocycles. The number of aliphatic hydroxyl groups excluding tert-OH is 1. The number of pyridine rings is 1. The average molecular weight is 1060 g/mol. The number of ketones is 1. The summed E-state index contributed by atoms with van der Waals surface area (Å²) in [6.45, 7) is 6.88. The van der Waals surface area contributed by atoms with Crippen molar-refractivity contribution in [2.75, 3.05) is 6.61 Å². The second-order valence-corrected chi connectivity index (χ2v) is 26.5. The lowest BCUT2D eigenvalue weighted by Crippen LogP contribution is -2.49. The van der Waals surface area contributed by atoms with E-state index in [2.05, 4.69) is 31.5 Å². The number of benzene rings is 2. The number of allylic oxidation sites excluding steroid dienone is 1. The molecule has 0 bridgehead atoms. The standard InChI is InChI=1S/C30H29F2N5O3S.C25H29FN4O3S/c1-29(2,41(39,40)27-11-13-36(3)35-27)21-5-4-20-14-26-19(18-34-37(26)24-8-6-22(31)7-9-24)16-30(20,17-21)28(38)25-15-23(32)10-12-33-25;1-24(2,34(32,33)23-10-11-29(3)28-23)19-5-4-18-12-22-17(13-25(18,14-19)16-31)15-27-30(22)21-8-6-20(26)7-9-21/h6-15,18,21H,4-5,16-17H2,1-3H3;6-12,15,19,31H,4-5,13-14,16H2,1-3H3/t21-,30-;19-,25+/m00/s1. The van der Waals surface area contributed by atoms with Crippen molar-refractivity contribution in [2.45, 2.75) is 98.6 Å². The van der Waals surface area contributed by atoms with Crippen LogP contribution in [0.1, 0.15) is 99.2 Å². The number of Topliss-reactive ketones (excluding diaryl/α,β-unsaturated/α-hetero) is 1. The first-order valence-corrected chi connectivity index (χ1v) is 27.8. The van der Waals surface area contributed by atoms with E-state index in [9.17, 15) is 39.9 Å². The Morgan fingerprint density at radius 3 is 1.63 bits per heavy atom. The van der Waals surface area contributed by atoms with Crippen molar-refractivity contribution in [3.8, 4) is 11.4 Å². The number of carbonyl (C=O) groups is 1. The van der Waals surface area contributed by atoms with Crippen LogP contribution < -0.4 is 0 Å². The lowest BCUT2D eigenvalue weighted by atomic mass is 9.57. The van der Waals surface area contributed by atoms with Crippen LogP contribution in [0.5, 0.6) is 0 Å². The molecule has 0 aliphatic heterocycles. The molecule has 5 aromatic heterocycles. The number of aryl methyl sites for hydroxylation is 2. The van der Waals surface area contributed by atoms with Crippen LogP contribution in [0.3, 0.4) is 0 Å². The monoisotopic (exact) mass is 1060 g/mol. The zero-order valence-electron chi connectivity index (χ0n) is 42.5. The number of hydrogen-bond donors (Lipinski definition) is 1. The van der Waals surface area contributed by atoms with Crippen LogP contribution in [0.25, 0.3) is 23.5 Å². The van der Waals surface area contributed by atoms with E-state index in [1.54, 1.807) is 106 Å². The Morgan fingerprint density at radius 1 is 0.667 bits per heavy atom. The van der Waals surface area contributed by atoms with Gasteiger partial charge in [0.25, 0.3) is 0 Å². The van der Waals surface area contributed by atoms with Crippen LogP contribution in [0.4, 0.5) is 13.2 Å². The van der Waals surface area contributed by atoms with Gasteiger partial charge in [-0.05, 0) is 181 Å². The van der Waals surface area contributed by atoms with Crippen LogP contribution in [0.15, 0.2) is 125 Å². The molecular formula is C55H58F3N9O6S2. The number of carbonyl (C=O) groups excluding carboxylic acids is 1. The van der Waals surface area contributed by atoms with Crippen LogP contribution >= 0.6 is 0 Å².